The summed E-state index contributed by atoms with van der Waals surface area (Å²) in [4.78, 5) is 27.1. The molecule has 1 amide bonds. The summed E-state index contributed by atoms with van der Waals surface area (Å²) in [5.74, 6) is 0.986. The molecule has 6 rings (SSSR count). The lowest BCUT2D eigenvalue weighted by molar-refractivity contribution is 0.0890. The van der Waals surface area contributed by atoms with E-state index in [2.05, 4.69) is 77.1 Å². The maximum atomic E-state index is 13.1. The summed E-state index contributed by atoms with van der Waals surface area (Å²) >= 11 is 0. The SMILES string of the molecule is Cc1nn(C(C)C)c(C)c1C1=Nc2nccc(-c3ccc4c(c3)CCCC[C@H]4NC(=O)c3nc(C(C)(C)C)no3)c2C1. The van der Waals surface area contributed by atoms with Crippen LogP contribution in [0.2, 0.25) is 0 Å². The first-order chi connectivity index (χ1) is 20.0. The van der Waals surface area contributed by atoms with Gasteiger partial charge in [-0.3, -0.25) is 9.48 Å². The Morgan fingerprint density at radius 1 is 1.14 bits per heavy atom. The predicted octanol–water partition coefficient (Wildman–Crippen LogP) is 6.70. The van der Waals surface area contributed by atoms with Gasteiger partial charge in [0.15, 0.2) is 11.6 Å². The monoisotopic (exact) mass is 565 g/mol. The van der Waals surface area contributed by atoms with Crippen molar-refractivity contribution in [2.45, 2.75) is 98.1 Å². The smallest absolute Gasteiger partial charge is 0.315 e. The normalized spacial score (nSPS) is 16.7. The van der Waals surface area contributed by atoms with E-state index in [1.54, 1.807) is 0 Å². The molecule has 4 aromatic rings. The van der Waals surface area contributed by atoms with Crippen LogP contribution in [0.5, 0.6) is 0 Å². The zero-order valence-corrected chi connectivity index (χ0v) is 25.6. The van der Waals surface area contributed by atoms with Crippen LogP contribution in [0.3, 0.4) is 0 Å². The molecule has 9 heteroatoms. The van der Waals surface area contributed by atoms with E-state index >= 15 is 0 Å². The summed E-state index contributed by atoms with van der Waals surface area (Å²) in [6.45, 7) is 14.5. The van der Waals surface area contributed by atoms with Gasteiger partial charge in [0.1, 0.15) is 0 Å². The number of fused-ring (bicyclic) bond motifs is 2. The predicted molar refractivity (Wildman–Crippen MR) is 162 cm³/mol. The molecule has 0 saturated carbocycles. The summed E-state index contributed by atoms with van der Waals surface area (Å²) in [6.07, 6.45) is 6.49. The van der Waals surface area contributed by atoms with Crippen LogP contribution >= 0.6 is 0 Å². The van der Waals surface area contributed by atoms with Gasteiger partial charge in [-0.1, -0.05) is 50.5 Å². The van der Waals surface area contributed by atoms with E-state index in [1.165, 1.54) is 5.56 Å². The van der Waals surface area contributed by atoms with Gasteiger partial charge in [-0.15, -0.1) is 0 Å². The standard InChI is InChI=1S/C33H39N7O2/c1-18(2)40-20(4)28(19(3)38-40)27-17-25-23(14-15-34-29(25)35-27)22-12-13-24-21(16-22)10-8-9-11-26(24)36-30(41)31-37-32(39-42-31)33(5,6)7/h12-16,18,26H,8-11,17H2,1-7H3,(H,36,41)/t26-/m1/s1. The van der Waals surface area contributed by atoms with Crippen molar-refractivity contribution in [3.8, 4) is 11.1 Å². The maximum Gasteiger partial charge on any atom is 0.315 e. The lowest BCUT2D eigenvalue weighted by atomic mass is 9.91. The van der Waals surface area contributed by atoms with Crippen molar-refractivity contribution < 1.29 is 9.32 Å². The van der Waals surface area contributed by atoms with Crippen LogP contribution < -0.4 is 5.32 Å². The minimum atomic E-state index is -0.331. The third-order valence-electron chi connectivity index (χ3n) is 8.34. The molecule has 218 valence electrons. The lowest BCUT2D eigenvalue weighted by Crippen LogP contribution is -2.29. The number of aryl methyl sites for hydroxylation is 2. The van der Waals surface area contributed by atoms with E-state index in [0.717, 1.165) is 82.8 Å². The highest BCUT2D eigenvalue weighted by molar-refractivity contribution is 6.08. The Hall–Kier alpha value is -4.14. The van der Waals surface area contributed by atoms with Crippen LogP contribution in [0.1, 0.15) is 116 Å². The summed E-state index contributed by atoms with van der Waals surface area (Å²) in [5, 5.41) is 12.0. The van der Waals surface area contributed by atoms with Crippen molar-refractivity contribution in [2.24, 2.45) is 4.99 Å². The molecule has 9 nitrogen and oxygen atoms in total. The minimum Gasteiger partial charge on any atom is -0.341 e. The van der Waals surface area contributed by atoms with E-state index < -0.39 is 0 Å². The maximum absolute atomic E-state index is 13.1. The third kappa shape index (κ3) is 5.05. The Bertz CT molecular complexity index is 1700. The Balaban J connectivity index is 1.27. The van der Waals surface area contributed by atoms with Crippen LogP contribution in [0.25, 0.3) is 11.1 Å². The van der Waals surface area contributed by atoms with Gasteiger partial charge in [0.05, 0.1) is 17.4 Å². The molecule has 1 N–H and O–H groups in total. The fourth-order valence-electron chi connectivity index (χ4n) is 6.22. The number of pyridine rings is 1. The average Bonchev–Trinajstić information content (AvgIpc) is 3.64. The summed E-state index contributed by atoms with van der Waals surface area (Å²) < 4.78 is 7.38. The zero-order chi connectivity index (χ0) is 29.8. The number of benzene rings is 1. The number of hydrogen-bond donors (Lipinski definition) is 1. The van der Waals surface area contributed by atoms with Gasteiger partial charge < -0.3 is 9.84 Å². The van der Waals surface area contributed by atoms with Crippen molar-refractivity contribution >= 4 is 17.4 Å². The molecule has 1 aliphatic carbocycles. The first-order valence-electron chi connectivity index (χ1n) is 14.9. The molecule has 0 radical (unpaired) electrons. The van der Waals surface area contributed by atoms with Gasteiger partial charge in [0, 0.05) is 40.9 Å². The molecule has 1 aliphatic heterocycles. The quantitative estimate of drug-likeness (QED) is 0.270. The first kappa shape index (κ1) is 28.0. The number of hydrogen-bond acceptors (Lipinski definition) is 7. The van der Waals surface area contributed by atoms with Crippen LogP contribution in [-0.2, 0) is 18.3 Å². The lowest BCUT2D eigenvalue weighted by Gasteiger charge is -2.19. The number of rotatable bonds is 5. The van der Waals surface area contributed by atoms with E-state index in [9.17, 15) is 4.79 Å². The van der Waals surface area contributed by atoms with Gasteiger partial charge in [0.25, 0.3) is 0 Å². The van der Waals surface area contributed by atoms with Gasteiger partial charge in [-0.2, -0.15) is 10.1 Å². The number of aromatic nitrogens is 5. The van der Waals surface area contributed by atoms with Gasteiger partial charge in [-0.05, 0) is 75.3 Å². The molecular formula is C33H39N7O2. The Kier molecular flexibility index (Phi) is 7.07. The minimum absolute atomic E-state index is 0.00917. The van der Waals surface area contributed by atoms with E-state index in [-0.39, 0.29) is 29.3 Å². The Labute approximate surface area is 246 Å². The molecule has 1 atom stereocenters. The summed E-state index contributed by atoms with van der Waals surface area (Å²) in [7, 11) is 0. The number of amides is 1. The van der Waals surface area contributed by atoms with E-state index in [1.807, 2.05) is 27.0 Å². The van der Waals surface area contributed by atoms with Gasteiger partial charge >= 0.3 is 11.8 Å². The van der Waals surface area contributed by atoms with Crippen LogP contribution in [0.15, 0.2) is 40.0 Å². The average molecular weight is 566 g/mol. The summed E-state index contributed by atoms with van der Waals surface area (Å²) in [5.41, 5.74) is 9.86. The molecule has 42 heavy (non-hydrogen) atoms. The fourth-order valence-corrected chi connectivity index (χ4v) is 6.22. The van der Waals surface area contributed by atoms with Gasteiger partial charge in [0.2, 0.25) is 0 Å². The molecule has 0 spiro atoms. The van der Waals surface area contributed by atoms with Crippen molar-refractivity contribution in [2.75, 3.05) is 0 Å². The topological polar surface area (TPSA) is 111 Å². The third-order valence-corrected chi connectivity index (χ3v) is 8.34. The zero-order valence-electron chi connectivity index (χ0n) is 25.6. The molecule has 2 aliphatic rings. The largest absolute Gasteiger partial charge is 0.341 e. The highest BCUT2D eigenvalue weighted by Gasteiger charge is 2.29. The second kappa shape index (κ2) is 10.6. The summed E-state index contributed by atoms with van der Waals surface area (Å²) in [6, 6.07) is 8.88. The number of nitrogens with one attached hydrogen (secondary N) is 1. The van der Waals surface area contributed by atoms with Crippen LogP contribution in [0, 0.1) is 13.8 Å². The Morgan fingerprint density at radius 3 is 2.67 bits per heavy atom. The molecule has 3 aromatic heterocycles. The Morgan fingerprint density at radius 2 is 1.95 bits per heavy atom. The van der Waals surface area contributed by atoms with Crippen LogP contribution in [-0.4, -0.2) is 36.5 Å². The van der Waals surface area contributed by atoms with Crippen molar-refractivity contribution in [1.82, 2.24) is 30.2 Å². The van der Waals surface area contributed by atoms with Crippen molar-refractivity contribution in [1.29, 1.82) is 0 Å². The molecular weight excluding hydrogens is 526 g/mol. The van der Waals surface area contributed by atoms with E-state index in [0.29, 0.717) is 5.82 Å². The van der Waals surface area contributed by atoms with Crippen molar-refractivity contribution in [3.63, 3.8) is 0 Å². The molecule has 0 fully saturated rings. The molecule has 0 saturated heterocycles. The van der Waals surface area contributed by atoms with E-state index in [4.69, 9.17) is 14.6 Å². The molecule has 1 aromatic carbocycles. The highest BCUT2D eigenvalue weighted by Crippen LogP contribution is 2.38. The van der Waals surface area contributed by atoms with Crippen molar-refractivity contribution in [3.05, 3.63) is 75.8 Å². The van der Waals surface area contributed by atoms with Gasteiger partial charge in [-0.25, -0.2) is 9.98 Å². The second-order valence-corrected chi connectivity index (χ2v) is 12.8. The molecule has 0 unspecified atom stereocenters. The van der Waals surface area contributed by atoms with Crippen LogP contribution in [0.4, 0.5) is 5.82 Å². The first-order valence-corrected chi connectivity index (χ1v) is 14.9. The highest BCUT2D eigenvalue weighted by atomic mass is 16.5. The number of carbonyl (C=O) groups excluding carboxylic acids is 1. The molecule has 4 heterocycles. The number of aliphatic imine (C=N–C) groups is 1. The number of nitrogens with zero attached hydrogens (tertiary/aromatic N) is 6. The number of carbonyl (C=O) groups is 1. The fraction of sp³-hybridized carbons (Fsp3) is 0.455. The second-order valence-electron chi connectivity index (χ2n) is 12.8. The molecule has 0 bridgehead atoms.